The SMILES string of the molecule is CC(CC(=O)C1CN(C(=O)OC(C)(C)C)C1)C(=O)N1CCN(C2=CC=C(F)C(F)C2)CC1. The fourth-order valence-corrected chi connectivity index (χ4v) is 4.10. The predicted octanol–water partition coefficient (Wildman–Crippen LogP) is 3.07. The maximum absolute atomic E-state index is 13.6. The van der Waals surface area contributed by atoms with Gasteiger partial charge in [0.25, 0.3) is 0 Å². The summed E-state index contributed by atoms with van der Waals surface area (Å²) in [6.45, 7) is 9.84. The van der Waals surface area contributed by atoms with Gasteiger partial charge in [-0.1, -0.05) is 6.92 Å². The highest BCUT2D eigenvalue weighted by molar-refractivity contribution is 5.89. The molecule has 2 amide bonds. The molecule has 0 N–H and O–H groups in total. The number of hydrogen-bond donors (Lipinski definition) is 0. The van der Waals surface area contributed by atoms with E-state index in [0.717, 1.165) is 5.70 Å². The van der Waals surface area contributed by atoms with E-state index in [2.05, 4.69) is 0 Å². The van der Waals surface area contributed by atoms with E-state index in [0.29, 0.717) is 39.3 Å². The van der Waals surface area contributed by atoms with Crippen LogP contribution in [0.1, 0.15) is 40.5 Å². The topological polar surface area (TPSA) is 70.2 Å². The van der Waals surface area contributed by atoms with Gasteiger partial charge in [0, 0.05) is 63.7 Å². The second-order valence-corrected chi connectivity index (χ2v) is 9.85. The predicted molar refractivity (Wildman–Crippen MR) is 115 cm³/mol. The lowest BCUT2D eigenvalue weighted by Gasteiger charge is -2.40. The molecule has 9 heteroatoms. The van der Waals surface area contributed by atoms with Crippen molar-refractivity contribution in [3.63, 3.8) is 0 Å². The van der Waals surface area contributed by atoms with Crippen molar-refractivity contribution in [3.05, 3.63) is 23.7 Å². The Labute approximate surface area is 188 Å². The Morgan fingerprint density at radius 3 is 2.28 bits per heavy atom. The zero-order chi connectivity index (χ0) is 23.6. The van der Waals surface area contributed by atoms with Crippen LogP contribution in [-0.2, 0) is 14.3 Å². The summed E-state index contributed by atoms with van der Waals surface area (Å²) in [6, 6.07) is 0. The number of nitrogens with zero attached hydrogens (tertiary/aromatic N) is 3. The van der Waals surface area contributed by atoms with E-state index in [1.54, 1.807) is 38.7 Å². The van der Waals surface area contributed by atoms with Crippen molar-refractivity contribution in [2.24, 2.45) is 11.8 Å². The first-order chi connectivity index (χ1) is 14.9. The Kier molecular flexibility index (Phi) is 7.25. The first kappa shape index (κ1) is 24.2. The molecule has 32 heavy (non-hydrogen) atoms. The fourth-order valence-electron chi connectivity index (χ4n) is 4.10. The van der Waals surface area contributed by atoms with Crippen LogP contribution >= 0.6 is 0 Å². The molecule has 1 aliphatic carbocycles. The van der Waals surface area contributed by atoms with Gasteiger partial charge >= 0.3 is 6.09 Å². The highest BCUT2D eigenvalue weighted by atomic mass is 19.2. The van der Waals surface area contributed by atoms with E-state index in [1.165, 1.54) is 11.0 Å². The molecule has 3 aliphatic rings. The molecule has 0 aromatic heterocycles. The van der Waals surface area contributed by atoms with E-state index >= 15 is 0 Å². The lowest BCUT2D eigenvalue weighted by molar-refractivity contribution is -0.140. The number of rotatable bonds is 5. The van der Waals surface area contributed by atoms with Gasteiger partial charge in [-0.2, -0.15) is 0 Å². The van der Waals surface area contributed by atoms with Crippen LogP contribution in [-0.4, -0.2) is 83.5 Å². The zero-order valence-corrected chi connectivity index (χ0v) is 19.3. The third-order valence-corrected chi connectivity index (χ3v) is 6.04. The van der Waals surface area contributed by atoms with Crippen LogP contribution in [0.3, 0.4) is 0 Å². The zero-order valence-electron chi connectivity index (χ0n) is 19.3. The normalized spacial score (nSPS) is 23.2. The molecule has 0 spiro atoms. The van der Waals surface area contributed by atoms with Crippen molar-refractivity contribution >= 4 is 17.8 Å². The summed E-state index contributed by atoms with van der Waals surface area (Å²) in [5, 5.41) is 0. The minimum Gasteiger partial charge on any atom is -0.444 e. The van der Waals surface area contributed by atoms with E-state index in [1.807, 2.05) is 4.90 Å². The van der Waals surface area contributed by atoms with Crippen LogP contribution in [0.4, 0.5) is 13.6 Å². The van der Waals surface area contributed by atoms with Gasteiger partial charge in [-0.25, -0.2) is 13.6 Å². The van der Waals surface area contributed by atoms with Gasteiger partial charge < -0.3 is 19.4 Å². The van der Waals surface area contributed by atoms with E-state index in [-0.39, 0.29) is 30.4 Å². The van der Waals surface area contributed by atoms with Gasteiger partial charge in [0.15, 0.2) is 6.17 Å². The molecule has 0 bridgehead atoms. The number of hydrogen-bond acceptors (Lipinski definition) is 5. The van der Waals surface area contributed by atoms with E-state index in [4.69, 9.17) is 4.74 Å². The molecule has 0 aromatic rings. The Balaban J connectivity index is 1.41. The molecule has 0 radical (unpaired) electrons. The third-order valence-electron chi connectivity index (χ3n) is 6.04. The molecule has 2 aliphatic heterocycles. The van der Waals surface area contributed by atoms with Crippen molar-refractivity contribution in [2.45, 2.75) is 52.3 Å². The molecule has 2 heterocycles. The third kappa shape index (κ3) is 5.86. The van der Waals surface area contributed by atoms with Crippen molar-refractivity contribution in [1.82, 2.24) is 14.7 Å². The van der Waals surface area contributed by atoms with Gasteiger partial charge in [-0.15, -0.1) is 0 Å². The largest absolute Gasteiger partial charge is 0.444 e. The molecular formula is C23H33F2N3O4. The number of ether oxygens (including phenoxy) is 1. The standard InChI is InChI=1S/C23H33F2N3O4/c1-15(11-20(29)16-13-28(14-16)22(31)32-23(2,3)4)21(30)27-9-7-26(8-10-27)17-5-6-18(24)19(25)12-17/h5-6,15-16,19H,7-14H2,1-4H3. The quantitative estimate of drug-likeness (QED) is 0.640. The van der Waals surface area contributed by atoms with Crippen molar-refractivity contribution in [1.29, 1.82) is 0 Å². The molecule has 3 rings (SSSR count). The number of piperazine rings is 1. The van der Waals surface area contributed by atoms with Crippen LogP contribution in [0.2, 0.25) is 0 Å². The van der Waals surface area contributed by atoms with E-state index in [9.17, 15) is 23.2 Å². The Hall–Kier alpha value is -2.45. The number of alkyl halides is 1. The molecular weight excluding hydrogens is 420 g/mol. The van der Waals surface area contributed by atoms with Crippen molar-refractivity contribution in [3.8, 4) is 0 Å². The smallest absolute Gasteiger partial charge is 0.410 e. The molecule has 2 saturated heterocycles. The van der Waals surface area contributed by atoms with Crippen LogP contribution < -0.4 is 0 Å². The number of carbonyl (C=O) groups is 3. The number of ketones is 1. The fraction of sp³-hybridized carbons (Fsp3) is 0.696. The van der Waals surface area contributed by atoms with Gasteiger partial charge in [0.05, 0.1) is 5.92 Å². The summed E-state index contributed by atoms with van der Waals surface area (Å²) < 4.78 is 32.1. The second-order valence-electron chi connectivity index (χ2n) is 9.85. The summed E-state index contributed by atoms with van der Waals surface area (Å²) in [5.74, 6) is -1.53. The summed E-state index contributed by atoms with van der Waals surface area (Å²) >= 11 is 0. The van der Waals surface area contributed by atoms with Crippen LogP contribution in [0.25, 0.3) is 0 Å². The number of amides is 2. The lowest BCUT2D eigenvalue weighted by Crippen LogP contribution is -2.55. The molecule has 7 nitrogen and oxygen atoms in total. The molecule has 178 valence electrons. The maximum atomic E-state index is 13.6. The van der Waals surface area contributed by atoms with Gasteiger partial charge in [-0.3, -0.25) is 9.59 Å². The summed E-state index contributed by atoms with van der Waals surface area (Å²) in [4.78, 5) is 42.6. The number of halogens is 2. The number of allylic oxidation sites excluding steroid dienone is 4. The molecule has 2 fully saturated rings. The number of carbonyl (C=O) groups excluding carboxylic acids is 3. The monoisotopic (exact) mass is 453 g/mol. The summed E-state index contributed by atoms with van der Waals surface area (Å²) in [6.07, 6.45) is 0.906. The second kappa shape index (κ2) is 9.58. The Morgan fingerprint density at radius 1 is 1.09 bits per heavy atom. The molecule has 0 saturated carbocycles. The summed E-state index contributed by atoms with van der Waals surface area (Å²) in [5.41, 5.74) is 0.166. The first-order valence-corrected chi connectivity index (χ1v) is 11.2. The Morgan fingerprint density at radius 2 is 1.72 bits per heavy atom. The first-order valence-electron chi connectivity index (χ1n) is 11.2. The molecule has 0 aromatic carbocycles. The van der Waals surface area contributed by atoms with Gasteiger partial charge in [-0.05, 0) is 32.9 Å². The summed E-state index contributed by atoms with van der Waals surface area (Å²) in [7, 11) is 0. The molecule has 2 atom stereocenters. The van der Waals surface area contributed by atoms with Crippen molar-refractivity contribution in [2.75, 3.05) is 39.3 Å². The van der Waals surface area contributed by atoms with Crippen molar-refractivity contribution < 1.29 is 27.9 Å². The van der Waals surface area contributed by atoms with Crippen LogP contribution in [0, 0.1) is 11.8 Å². The van der Waals surface area contributed by atoms with Gasteiger partial charge in [0.2, 0.25) is 5.91 Å². The van der Waals surface area contributed by atoms with Gasteiger partial charge in [0.1, 0.15) is 17.2 Å². The van der Waals surface area contributed by atoms with Crippen LogP contribution in [0.5, 0.6) is 0 Å². The minimum atomic E-state index is -1.60. The van der Waals surface area contributed by atoms with E-state index < -0.39 is 29.6 Å². The lowest BCUT2D eigenvalue weighted by atomic mass is 9.89. The average Bonchev–Trinajstić information content (AvgIpc) is 2.67. The van der Waals surface area contributed by atoms with Crippen LogP contribution in [0.15, 0.2) is 23.7 Å². The Bertz CT molecular complexity index is 807. The highest BCUT2D eigenvalue weighted by Crippen LogP contribution is 2.27. The minimum absolute atomic E-state index is 0.0144. The average molecular weight is 454 g/mol. The highest BCUT2D eigenvalue weighted by Gasteiger charge is 2.39. The maximum Gasteiger partial charge on any atom is 0.410 e. The molecule has 2 unspecified atom stereocenters. The number of likely N-dealkylation sites (tertiary alicyclic amines) is 1. The number of Topliss-reactive ketones (excluding diaryl/α,β-unsaturated/α-hetero) is 1.